The van der Waals surface area contributed by atoms with Crippen LogP contribution in [0.1, 0.15) is 31.9 Å². The van der Waals surface area contributed by atoms with Gasteiger partial charge in [-0.3, -0.25) is 9.59 Å². The van der Waals surface area contributed by atoms with Gasteiger partial charge in [-0.1, -0.05) is 65.6 Å². The smallest absolute Gasteiger partial charge is 0.242 e. The van der Waals surface area contributed by atoms with E-state index in [9.17, 15) is 9.59 Å². The van der Waals surface area contributed by atoms with Crippen LogP contribution in [0.2, 0.25) is 5.02 Å². The predicted molar refractivity (Wildman–Crippen MR) is 117 cm³/mol. The van der Waals surface area contributed by atoms with Gasteiger partial charge in [-0.15, -0.1) is 0 Å². The fourth-order valence-electron chi connectivity index (χ4n) is 2.79. The topological polar surface area (TPSA) is 49.4 Å². The lowest BCUT2D eigenvalue weighted by Crippen LogP contribution is -2.48. The van der Waals surface area contributed by atoms with Crippen molar-refractivity contribution in [2.75, 3.05) is 6.54 Å². The van der Waals surface area contributed by atoms with Crippen LogP contribution < -0.4 is 5.32 Å². The molecule has 0 aliphatic heterocycles. The zero-order valence-corrected chi connectivity index (χ0v) is 18.8. The molecule has 1 N–H and O–H groups in total. The third kappa shape index (κ3) is 6.95. The van der Waals surface area contributed by atoms with Crippen LogP contribution in [0.3, 0.4) is 0 Å². The standard InChI is InChI=1S/C22H26BrClN2O2/c1-15(2)13-25-22(28)16(3)26(14-18-7-4-8-19(23)10-18)21(27)12-17-6-5-9-20(24)11-17/h4-11,15-16H,12-14H2,1-3H3,(H,25,28)/t16-/m1/s1. The Morgan fingerprint density at radius 2 is 1.75 bits per heavy atom. The van der Waals surface area contributed by atoms with E-state index in [0.717, 1.165) is 15.6 Å². The number of rotatable bonds is 8. The van der Waals surface area contributed by atoms with Gasteiger partial charge >= 0.3 is 0 Å². The van der Waals surface area contributed by atoms with E-state index in [1.807, 2.05) is 50.2 Å². The molecule has 0 heterocycles. The molecular weight excluding hydrogens is 440 g/mol. The van der Waals surface area contributed by atoms with Crippen LogP contribution >= 0.6 is 27.5 Å². The SMILES string of the molecule is CC(C)CNC(=O)[C@@H](C)N(Cc1cccc(Br)c1)C(=O)Cc1cccc(Cl)c1. The van der Waals surface area contributed by atoms with Crippen molar-refractivity contribution in [2.24, 2.45) is 5.92 Å². The average molecular weight is 466 g/mol. The molecule has 6 heteroatoms. The Bertz CT molecular complexity index is 826. The molecule has 0 aliphatic rings. The van der Waals surface area contributed by atoms with Gasteiger partial charge in [0.05, 0.1) is 6.42 Å². The molecule has 0 spiro atoms. The first-order chi connectivity index (χ1) is 13.3. The second-order valence-corrected chi connectivity index (χ2v) is 8.63. The summed E-state index contributed by atoms with van der Waals surface area (Å²) in [5.41, 5.74) is 1.78. The summed E-state index contributed by atoms with van der Waals surface area (Å²) in [7, 11) is 0. The highest BCUT2D eigenvalue weighted by Crippen LogP contribution is 2.17. The molecule has 2 rings (SSSR count). The fraction of sp³-hybridized carbons (Fsp3) is 0.364. The van der Waals surface area contributed by atoms with Crippen molar-refractivity contribution in [3.05, 3.63) is 69.2 Å². The zero-order valence-electron chi connectivity index (χ0n) is 16.4. The molecule has 2 amide bonds. The van der Waals surface area contributed by atoms with Crippen molar-refractivity contribution in [1.29, 1.82) is 0 Å². The second-order valence-electron chi connectivity index (χ2n) is 7.27. The molecule has 0 aromatic heterocycles. The minimum Gasteiger partial charge on any atom is -0.354 e. The molecule has 1 atom stereocenters. The Kier molecular flexibility index (Phi) is 8.52. The van der Waals surface area contributed by atoms with Crippen LogP contribution in [-0.2, 0) is 22.6 Å². The number of benzene rings is 2. The summed E-state index contributed by atoms with van der Waals surface area (Å²) >= 11 is 9.50. The van der Waals surface area contributed by atoms with Gasteiger partial charge in [0.25, 0.3) is 0 Å². The second kappa shape index (κ2) is 10.6. The van der Waals surface area contributed by atoms with Crippen LogP contribution in [0.5, 0.6) is 0 Å². The Morgan fingerprint density at radius 1 is 1.07 bits per heavy atom. The molecule has 0 aliphatic carbocycles. The van der Waals surface area contributed by atoms with Crippen LogP contribution in [-0.4, -0.2) is 29.3 Å². The van der Waals surface area contributed by atoms with Gasteiger partial charge < -0.3 is 10.2 Å². The normalized spacial score (nSPS) is 11.9. The van der Waals surface area contributed by atoms with Gasteiger partial charge in [0.2, 0.25) is 11.8 Å². The predicted octanol–water partition coefficient (Wildman–Crippen LogP) is 4.83. The van der Waals surface area contributed by atoms with E-state index in [-0.39, 0.29) is 18.2 Å². The molecule has 28 heavy (non-hydrogen) atoms. The van der Waals surface area contributed by atoms with Crippen LogP contribution in [0.4, 0.5) is 0 Å². The van der Waals surface area contributed by atoms with Gasteiger partial charge in [-0.2, -0.15) is 0 Å². The maximum atomic E-state index is 13.1. The number of halogens is 2. The van der Waals surface area contributed by atoms with Crippen molar-refractivity contribution < 1.29 is 9.59 Å². The maximum absolute atomic E-state index is 13.1. The third-order valence-corrected chi connectivity index (χ3v) is 5.07. The summed E-state index contributed by atoms with van der Waals surface area (Å²) in [6.45, 7) is 6.78. The number of hydrogen-bond acceptors (Lipinski definition) is 2. The number of hydrogen-bond donors (Lipinski definition) is 1. The molecule has 0 bridgehead atoms. The lowest BCUT2D eigenvalue weighted by molar-refractivity contribution is -0.140. The molecule has 4 nitrogen and oxygen atoms in total. The van der Waals surface area contributed by atoms with Gasteiger partial charge in [0.15, 0.2) is 0 Å². The van der Waals surface area contributed by atoms with E-state index >= 15 is 0 Å². The minimum atomic E-state index is -0.579. The lowest BCUT2D eigenvalue weighted by Gasteiger charge is -2.29. The van der Waals surface area contributed by atoms with Gasteiger partial charge in [0.1, 0.15) is 6.04 Å². The summed E-state index contributed by atoms with van der Waals surface area (Å²) in [6, 6.07) is 14.4. The summed E-state index contributed by atoms with van der Waals surface area (Å²) in [5.74, 6) is 0.0782. The van der Waals surface area contributed by atoms with Crippen molar-refractivity contribution in [3.63, 3.8) is 0 Å². The van der Waals surface area contributed by atoms with Crippen molar-refractivity contribution in [1.82, 2.24) is 10.2 Å². The Labute approximate surface area is 180 Å². The van der Waals surface area contributed by atoms with Crippen LogP contribution in [0.25, 0.3) is 0 Å². The van der Waals surface area contributed by atoms with E-state index in [4.69, 9.17) is 11.6 Å². The first-order valence-electron chi connectivity index (χ1n) is 9.32. The first kappa shape index (κ1) is 22.4. The lowest BCUT2D eigenvalue weighted by atomic mass is 10.1. The highest BCUT2D eigenvalue weighted by Gasteiger charge is 2.26. The summed E-state index contributed by atoms with van der Waals surface area (Å²) in [4.78, 5) is 27.3. The fourth-order valence-corrected chi connectivity index (χ4v) is 3.45. The van der Waals surface area contributed by atoms with E-state index < -0.39 is 6.04 Å². The summed E-state index contributed by atoms with van der Waals surface area (Å²) in [5, 5.41) is 3.51. The Hall–Kier alpha value is -1.85. The van der Waals surface area contributed by atoms with Crippen LogP contribution in [0.15, 0.2) is 53.0 Å². The van der Waals surface area contributed by atoms with Crippen LogP contribution in [0, 0.1) is 5.92 Å². The number of nitrogens with one attached hydrogen (secondary N) is 1. The molecule has 0 fully saturated rings. The number of carbonyl (C=O) groups is 2. The molecule has 0 radical (unpaired) electrons. The third-order valence-electron chi connectivity index (χ3n) is 4.34. The molecule has 2 aromatic rings. The monoisotopic (exact) mass is 464 g/mol. The van der Waals surface area contributed by atoms with E-state index in [0.29, 0.717) is 24.0 Å². The van der Waals surface area contributed by atoms with E-state index in [1.165, 1.54) is 0 Å². The summed E-state index contributed by atoms with van der Waals surface area (Å²) < 4.78 is 0.934. The molecule has 2 aromatic carbocycles. The number of amides is 2. The first-order valence-corrected chi connectivity index (χ1v) is 10.5. The van der Waals surface area contributed by atoms with E-state index in [2.05, 4.69) is 21.2 Å². The highest BCUT2D eigenvalue weighted by molar-refractivity contribution is 9.10. The Balaban J connectivity index is 2.21. The maximum Gasteiger partial charge on any atom is 0.242 e. The molecule has 150 valence electrons. The average Bonchev–Trinajstić information content (AvgIpc) is 2.63. The minimum absolute atomic E-state index is 0.116. The zero-order chi connectivity index (χ0) is 20.7. The van der Waals surface area contributed by atoms with Gasteiger partial charge in [0, 0.05) is 22.6 Å². The molecule has 0 saturated heterocycles. The quantitative estimate of drug-likeness (QED) is 0.607. The van der Waals surface area contributed by atoms with Crippen molar-refractivity contribution >= 4 is 39.3 Å². The molecule has 0 unspecified atom stereocenters. The Morgan fingerprint density at radius 3 is 2.39 bits per heavy atom. The van der Waals surface area contributed by atoms with Crippen molar-refractivity contribution in [2.45, 2.75) is 39.8 Å². The van der Waals surface area contributed by atoms with Gasteiger partial charge in [-0.25, -0.2) is 0 Å². The number of carbonyl (C=O) groups excluding carboxylic acids is 2. The number of nitrogens with zero attached hydrogens (tertiary/aromatic N) is 1. The van der Waals surface area contributed by atoms with Crippen molar-refractivity contribution in [3.8, 4) is 0 Å². The molecule has 0 saturated carbocycles. The largest absolute Gasteiger partial charge is 0.354 e. The summed E-state index contributed by atoms with van der Waals surface area (Å²) in [6.07, 6.45) is 0.191. The highest BCUT2D eigenvalue weighted by atomic mass is 79.9. The molecular formula is C22H26BrClN2O2. The van der Waals surface area contributed by atoms with E-state index in [1.54, 1.807) is 24.0 Å². The van der Waals surface area contributed by atoms with Gasteiger partial charge in [-0.05, 0) is 48.2 Å².